The predicted molar refractivity (Wildman–Crippen MR) is 99.1 cm³/mol. The number of carbonyl (C=O) groups is 3. The first-order valence-corrected chi connectivity index (χ1v) is 9.31. The van der Waals surface area contributed by atoms with Crippen molar-refractivity contribution in [2.75, 3.05) is 25.1 Å². The van der Waals surface area contributed by atoms with Gasteiger partial charge in [0.1, 0.15) is 0 Å². The molecule has 0 unspecified atom stereocenters. The Labute approximate surface area is 156 Å². The molecule has 1 fully saturated rings. The van der Waals surface area contributed by atoms with E-state index in [1.165, 1.54) is 4.90 Å². The van der Waals surface area contributed by atoms with Crippen molar-refractivity contribution in [1.29, 1.82) is 0 Å². The van der Waals surface area contributed by atoms with E-state index < -0.39 is 5.97 Å². The second kappa shape index (κ2) is 8.14. The molecular formula is C19H20N2O4S. The number of hydrogen-bond acceptors (Lipinski definition) is 5. The molecule has 1 aromatic heterocycles. The summed E-state index contributed by atoms with van der Waals surface area (Å²) in [5.41, 5.74) is 2.17. The Balaban J connectivity index is 1.51. The standard InChI is InChI=1S/C19H20N2O4S/c1-20(11-14-8-10-26-13-14)18(23)12-25-19(24)15-4-6-16(7-5-15)21-9-2-3-17(21)22/h4-8,10,13H,2-3,9,11-12H2,1H3. The van der Waals surface area contributed by atoms with Crippen LogP contribution in [0.25, 0.3) is 0 Å². The second-order valence-corrected chi connectivity index (χ2v) is 6.93. The molecule has 3 rings (SSSR count). The van der Waals surface area contributed by atoms with E-state index in [1.54, 1.807) is 47.5 Å². The summed E-state index contributed by atoms with van der Waals surface area (Å²) < 4.78 is 5.11. The summed E-state index contributed by atoms with van der Waals surface area (Å²) in [6, 6.07) is 8.63. The van der Waals surface area contributed by atoms with Gasteiger partial charge in [-0.3, -0.25) is 9.59 Å². The third-order valence-corrected chi connectivity index (χ3v) is 4.97. The number of likely N-dealkylation sites (N-methyl/N-ethyl adjacent to an activating group) is 1. The molecule has 1 aliphatic heterocycles. The van der Waals surface area contributed by atoms with Gasteiger partial charge in [-0.15, -0.1) is 0 Å². The maximum Gasteiger partial charge on any atom is 0.338 e. The lowest BCUT2D eigenvalue weighted by molar-refractivity contribution is -0.133. The minimum atomic E-state index is -0.554. The van der Waals surface area contributed by atoms with Crippen molar-refractivity contribution in [3.05, 3.63) is 52.2 Å². The van der Waals surface area contributed by atoms with E-state index in [0.717, 1.165) is 17.7 Å². The van der Waals surface area contributed by atoms with E-state index in [1.807, 2.05) is 16.8 Å². The highest BCUT2D eigenvalue weighted by atomic mass is 32.1. The Morgan fingerprint density at radius 2 is 2.00 bits per heavy atom. The van der Waals surface area contributed by atoms with Gasteiger partial charge in [0.2, 0.25) is 5.91 Å². The highest BCUT2D eigenvalue weighted by Crippen LogP contribution is 2.21. The van der Waals surface area contributed by atoms with Crippen LogP contribution in [0.1, 0.15) is 28.8 Å². The van der Waals surface area contributed by atoms with Gasteiger partial charge in [0, 0.05) is 32.2 Å². The first-order chi connectivity index (χ1) is 12.5. The van der Waals surface area contributed by atoms with Crippen molar-refractivity contribution in [1.82, 2.24) is 4.90 Å². The largest absolute Gasteiger partial charge is 0.452 e. The summed E-state index contributed by atoms with van der Waals surface area (Å²) >= 11 is 1.57. The van der Waals surface area contributed by atoms with E-state index in [-0.39, 0.29) is 18.4 Å². The molecule has 0 radical (unpaired) electrons. The van der Waals surface area contributed by atoms with Gasteiger partial charge in [0.25, 0.3) is 5.91 Å². The van der Waals surface area contributed by atoms with E-state index in [2.05, 4.69) is 0 Å². The minimum Gasteiger partial charge on any atom is -0.452 e. The molecule has 2 aromatic rings. The topological polar surface area (TPSA) is 66.9 Å². The Morgan fingerprint density at radius 3 is 2.62 bits per heavy atom. The number of rotatable bonds is 6. The normalized spacial score (nSPS) is 13.7. The van der Waals surface area contributed by atoms with Crippen LogP contribution in [0.2, 0.25) is 0 Å². The molecule has 1 aliphatic rings. The molecule has 0 N–H and O–H groups in total. The summed E-state index contributed by atoms with van der Waals surface area (Å²) in [5, 5.41) is 3.93. The fourth-order valence-electron chi connectivity index (χ4n) is 2.76. The molecule has 0 bridgehead atoms. The lowest BCUT2D eigenvalue weighted by Gasteiger charge is -2.17. The van der Waals surface area contributed by atoms with Crippen LogP contribution in [-0.2, 0) is 20.9 Å². The number of benzene rings is 1. The molecule has 0 saturated carbocycles. The van der Waals surface area contributed by atoms with Crippen LogP contribution in [0, 0.1) is 0 Å². The third-order valence-electron chi connectivity index (χ3n) is 4.24. The van der Waals surface area contributed by atoms with Gasteiger partial charge >= 0.3 is 5.97 Å². The number of esters is 1. The number of thiophene rings is 1. The first-order valence-electron chi connectivity index (χ1n) is 8.37. The maximum absolute atomic E-state index is 12.1. The fraction of sp³-hybridized carbons (Fsp3) is 0.316. The van der Waals surface area contributed by atoms with Crippen LogP contribution in [-0.4, -0.2) is 42.9 Å². The molecule has 1 saturated heterocycles. The number of ether oxygens (including phenoxy) is 1. The van der Waals surface area contributed by atoms with Crippen LogP contribution >= 0.6 is 11.3 Å². The summed E-state index contributed by atoms with van der Waals surface area (Å²) in [4.78, 5) is 39.2. The highest BCUT2D eigenvalue weighted by Gasteiger charge is 2.22. The molecule has 136 valence electrons. The van der Waals surface area contributed by atoms with Gasteiger partial charge in [-0.05, 0) is 53.1 Å². The zero-order valence-corrected chi connectivity index (χ0v) is 15.3. The molecule has 7 heteroatoms. The van der Waals surface area contributed by atoms with Crippen molar-refractivity contribution < 1.29 is 19.1 Å². The van der Waals surface area contributed by atoms with E-state index in [4.69, 9.17) is 4.74 Å². The fourth-order valence-corrected chi connectivity index (χ4v) is 3.42. The molecule has 6 nitrogen and oxygen atoms in total. The SMILES string of the molecule is CN(Cc1ccsc1)C(=O)COC(=O)c1ccc(N2CCCC2=O)cc1. The second-order valence-electron chi connectivity index (χ2n) is 6.15. The predicted octanol–water partition coefficient (Wildman–Crippen LogP) is 2.69. The van der Waals surface area contributed by atoms with Crippen LogP contribution in [0.4, 0.5) is 5.69 Å². The van der Waals surface area contributed by atoms with Crippen LogP contribution in [0.3, 0.4) is 0 Å². The molecule has 0 spiro atoms. The highest BCUT2D eigenvalue weighted by molar-refractivity contribution is 7.07. The third kappa shape index (κ3) is 4.29. The quantitative estimate of drug-likeness (QED) is 0.731. The summed E-state index contributed by atoms with van der Waals surface area (Å²) in [6.45, 7) is 0.887. The van der Waals surface area contributed by atoms with Gasteiger partial charge < -0.3 is 14.5 Å². The molecule has 1 aromatic carbocycles. The Morgan fingerprint density at radius 1 is 1.23 bits per heavy atom. The minimum absolute atomic E-state index is 0.0968. The molecule has 2 amide bonds. The van der Waals surface area contributed by atoms with Crippen molar-refractivity contribution in [2.24, 2.45) is 0 Å². The van der Waals surface area contributed by atoms with Crippen molar-refractivity contribution >= 4 is 34.8 Å². The van der Waals surface area contributed by atoms with E-state index >= 15 is 0 Å². The lowest BCUT2D eigenvalue weighted by atomic mass is 10.2. The summed E-state index contributed by atoms with van der Waals surface area (Å²) in [5.74, 6) is -0.718. The van der Waals surface area contributed by atoms with Crippen LogP contribution in [0.15, 0.2) is 41.1 Å². The van der Waals surface area contributed by atoms with Crippen LogP contribution in [0.5, 0.6) is 0 Å². The number of hydrogen-bond donors (Lipinski definition) is 0. The Hall–Kier alpha value is -2.67. The molecule has 2 heterocycles. The zero-order valence-electron chi connectivity index (χ0n) is 14.5. The van der Waals surface area contributed by atoms with Crippen LogP contribution < -0.4 is 4.90 Å². The zero-order chi connectivity index (χ0) is 18.5. The number of anilines is 1. The average Bonchev–Trinajstić information content (AvgIpc) is 3.31. The Kier molecular flexibility index (Phi) is 5.68. The molecule has 0 atom stereocenters. The smallest absolute Gasteiger partial charge is 0.338 e. The van der Waals surface area contributed by atoms with Crippen molar-refractivity contribution in [2.45, 2.75) is 19.4 Å². The van der Waals surface area contributed by atoms with Gasteiger partial charge in [0.15, 0.2) is 6.61 Å². The molecular weight excluding hydrogens is 352 g/mol. The first kappa shape index (κ1) is 18.1. The maximum atomic E-state index is 12.1. The Bertz CT molecular complexity index is 786. The number of amides is 2. The summed E-state index contributed by atoms with van der Waals surface area (Å²) in [6.07, 6.45) is 1.41. The average molecular weight is 372 g/mol. The van der Waals surface area contributed by atoms with Gasteiger partial charge in [-0.25, -0.2) is 4.79 Å². The van der Waals surface area contributed by atoms with Gasteiger partial charge in [-0.1, -0.05) is 0 Å². The van der Waals surface area contributed by atoms with Gasteiger partial charge in [0.05, 0.1) is 5.56 Å². The molecule has 26 heavy (non-hydrogen) atoms. The molecule has 0 aliphatic carbocycles. The number of nitrogens with zero attached hydrogens (tertiary/aromatic N) is 2. The van der Waals surface area contributed by atoms with E-state index in [0.29, 0.717) is 25.1 Å². The monoisotopic (exact) mass is 372 g/mol. The van der Waals surface area contributed by atoms with Crippen molar-refractivity contribution in [3.8, 4) is 0 Å². The summed E-state index contributed by atoms with van der Waals surface area (Å²) in [7, 11) is 1.68. The van der Waals surface area contributed by atoms with E-state index in [9.17, 15) is 14.4 Å². The van der Waals surface area contributed by atoms with Gasteiger partial charge in [-0.2, -0.15) is 11.3 Å². The number of carbonyl (C=O) groups excluding carboxylic acids is 3. The lowest BCUT2D eigenvalue weighted by Crippen LogP contribution is -2.30. The van der Waals surface area contributed by atoms with Crippen molar-refractivity contribution in [3.63, 3.8) is 0 Å².